The third kappa shape index (κ3) is 3.83. The topological polar surface area (TPSA) is 105 Å². The highest BCUT2D eigenvalue weighted by molar-refractivity contribution is 5.92. The van der Waals surface area contributed by atoms with Gasteiger partial charge in [-0.15, -0.1) is 0 Å². The number of nitrogens with one attached hydrogen (secondary N) is 1. The van der Waals surface area contributed by atoms with Crippen molar-refractivity contribution in [1.29, 1.82) is 0 Å². The molecule has 2 aromatic rings. The lowest BCUT2D eigenvalue weighted by Crippen LogP contribution is -2.39. The van der Waals surface area contributed by atoms with E-state index in [4.69, 9.17) is 0 Å². The maximum atomic E-state index is 14.7. The maximum absolute atomic E-state index is 14.7. The lowest BCUT2D eigenvalue weighted by Gasteiger charge is -2.33. The molecule has 0 aromatic carbocycles. The van der Waals surface area contributed by atoms with Gasteiger partial charge in [0, 0.05) is 39.3 Å². The normalized spacial score (nSPS) is 15.0. The number of fused-ring (bicyclic) bond motifs is 1. The summed E-state index contributed by atoms with van der Waals surface area (Å²) in [5.74, 6) is -1.57. The Morgan fingerprint density at radius 2 is 2.04 bits per heavy atom. The second-order valence-electron chi connectivity index (χ2n) is 7.00. The Kier molecular flexibility index (Phi) is 5.62. The van der Waals surface area contributed by atoms with Crippen LogP contribution in [0.2, 0.25) is 0 Å². The fraction of sp³-hybridized carbons (Fsp3) is 0.474. The average molecular weight is 390 g/mol. The number of amides is 1. The van der Waals surface area contributed by atoms with Crippen LogP contribution in [0.25, 0.3) is 11.0 Å². The van der Waals surface area contributed by atoms with E-state index in [9.17, 15) is 23.9 Å². The molecule has 8 nitrogen and oxygen atoms in total. The fourth-order valence-electron chi connectivity index (χ4n) is 3.53. The Balaban J connectivity index is 1.92. The third-order valence-corrected chi connectivity index (χ3v) is 5.11. The molecule has 1 aliphatic heterocycles. The van der Waals surface area contributed by atoms with Crippen molar-refractivity contribution in [2.45, 2.75) is 33.2 Å². The van der Waals surface area contributed by atoms with Crippen LogP contribution >= 0.6 is 0 Å². The Morgan fingerprint density at radius 3 is 2.61 bits per heavy atom. The lowest BCUT2D eigenvalue weighted by molar-refractivity contribution is -0.119. The summed E-state index contributed by atoms with van der Waals surface area (Å²) in [5.41, 5.74) is -0.865. The van der Waals surface area contributed by atoms with Crippen molar-refractivity contribution in [2.75, 3.05) is 24.5 Å². The minimum Gasteiger partial charge on any atom is -0.477 e. The summed E-state index contributed by atoms with van der Waals surface area (Å²) in [7, 11) is 0. The molecule has 3 heterocycles. The number of aromatic carboxylic acids is 1. The molecule has 1 saturated heterocycles. The molecule has 0 radical (unpaired) electrons. The number of hydrogen-bond donors (Lipinski definition) is 2. The van der Waals surface area contributed by atoms with Crippen molar-refractivity contribution < 1.29 is 19.1 Å². The van der Waals surface area contributed by atoms with Gasteiger partial charge < -0.3 is 19.9 Å². The van der Waals surface area contributed by atoms with Crippen molar-refractivity contribution in [2.24, 2.45) is 5.92 Å². The SMILES string of the molecule is CCn1cc(C(=O)O)c(=O)c2cc(F)c(N3CCC(CNC(C)=O)CC3)nc21. The maximum Gasteiger partial charge on any atom is 0.341 e. The summed E-state index contributed by atoms with van der Waals surface area (Å²) in [6.45, 7) is 5.45. The first-order chi connectivity index (χ1) is 13.3. The number of hydrogen-bond acceptors (Lipinski definition) is 5. The lowest BCUT2D eigenvalue weighted by atomic mass is 9.96. The van der Waals surface area contributed by atoms with E-state index in [1.807, 2.05) is 4.90 Å². The Bertz CT molecular complexity index is 980. The first-order valence-electron chi connectivity index (χ1n) is 9.28. The molecular weight excluding hydrogens is 367 g/mol. The number of aromatic nitrogens is 2. The van der Waals surface area contributed by atoms with Gasteiger partial charge in [0.2, 0.25) is 11.3 Å². The minimum atomic E-state index is -1.35. The van der Waals surface area contributed by atoms with E-state index < -0.39 is 22.8 Å². The van der Waals surface area contributed by atoms with E-state index in [1.54, 1.807) is 11.5 Å². The quantitative estimate of drug-likeness (QED) is 0.804. The Labute approximate surface area is 161 Å². The van der Waals surface area contributed by atoms with Crippen LogP contribution in [0.1, 0.15) is 37.0 Å². The highest BCUT2D eigenvalue weighted by Crippen LogP contribution is 2.26. The molecule has 2 N–H and O–H groups in total. The van der Waals surface area contributed by atoms with Crippen molar-refractivity contribution in [3.05, 3.63) is 33.9 Å². The van der Waals surface area contributed by atoms with Crippen LogP contribution in [-0.2, 0) is 11.3 Å². The number of piperidine rings is 1. The van der Waals surface area contributed by atoms with Gasteiger partial charge in [0.05, 0.1) is 5.39 Å². The fourth-order valence-corrected chi connectivity index (χ4v) is 3.53. The van der Waals surface area contributed by atoms with E-state index in [2.05, 4.69) is 10.3 Å². The number of halogens is 1. The monoisotopic (exact) mass is 390 g/mol. The number of carbonyl (C=O) groups excluding carboxylic acids is 1. The molecule has 3 rings (SSSR count). The van der Waals surface area contributed by atoms with Gasteiger partial charge in [-0.05, 0) is 31.7 Å². The first kappa shape index (κ1) is 19.8. The second-order valence-corrected chi connectivity index (χ2v) is 7.00. The zero-order valence-electron chi connectivity index (χ0n) is 15.9. The molecule has 0 aliphatic carbocycles. The number of aryl methyl sites for hydroxylation is 1. The van der Waals surface area contributed by atoms with E-state index in [-0.39, 0.29) is 22.8 Å². The molecular formula is C19H23FN4O4. The first-order valence-corrected chi connectivity index (χ1v) is 9.28. The van der Waals surface area contributed by atoms with Gasteiger partial charge in [-0.3, -0.25) is 9.59 Å². The van der Waals surface area contributed by atoms with E-state index >= 15 is 0 Å². The van der Waals surface area contributed by atoms with Gasteiger partial charge in [-0.2, -0.15) is 0 Å². The highest BCUT2D eigenvalue weighted by Gasteiger charge is 2.24. The van der Waals surface area contributed by atoms with E-state index in [0.717, 1.165) is 18.9 Å². The summed E-state index contributed by atoms with van der Waals surface area (Å²) in [4.78, 5) is 41.0. The second kappa shape index (κ2) is 7.95. The smallest absolute Gasteiger partial charge is 0.341 e. The summed E-state index contributed by atoms with van der Waals surface area (Å²) < 4.78 is 16.3. The number of carboxylic acid groups (broad SMARTS) is 1. The molecule has 1 amide bonds. The molecule has 0 bridgehead atoms. The van der Waals surface area contributed by atoms with Crippen LogP contribution in [0, 0.1) is 11.7 Å². The highest BCUT2D eigenvalue weighted by atomic mass is 19.1. The molecule has 2 aromatic heterocycles. The van der Waals surface area contributed by atoms with Crippen LogP contribution in [0.4, 0.5) is 10.2 Å². The van der Waals surface area contributed by atoms with Crippen molar-refractivity contribution in [3.8, 4) is 0 Å². The largest absolute Gasteiger partial charge is 0.477 e. The van der Waals surface area contributed by atoms with Gasteiger partial charge in [0.25, 0.3) is 0 Å². The summed E-state index contributed by atoms with van der Waals surface area (Å²) >= 11 is 0. The number of nitrogens with zero attached hydrogens (tertiary/aromatic N) is 3. The molecule has 0 atom stereocenters. The standard InChI is InChI=1S/C19H23FN4O4/c1-3-23-10-14(19(27)28)16(26)13-8-15(20)18(22-17(13)23)24-6-4-12(5-7-24)9-21-11(2)25/h8,10,12H,3-7,9H2,1-2H3,(H,21,25)(H,27,28). The van der Waals surface area contributed by atoms with Gasteiger partial charge in [0.15, 0.2) is 11.6 Å². The molecule has 28 heavy (non-hydrogen) atoms. The van der Waals surface area contributed by atoms with Crippen LogP contribution in [0.3, 0.4) is 0 Å². The predicted octanol–water partition coefficient (Wildman–Crippen LogP) is 1.61. The molecule has 150 valence electrons. The summed E-state index contributed by atoms with van der Waals surface area (Å²) in [5, 5.41) is 12.0. The van der Waals surface area contributed by atoms with E-state index in [1.165, 1.54) is 13.1 Å². The molecule has 1 aliphatic rings. The van der Waals surface area contributed by atoms with Crippen molar-refractivity contribution in [3.63, 3.8) is 0 Å². The molecule has 0 spiro atoms. The number of carboxylic acids is 1. The molecule has 0 saturated carbocycles. The number of rotatable bonds is 5. The van der Waals surface area contributed by atoms with Gasteiger partial charge in [-0.25, -0.2) is 14.2 Å². The van der Waals surface area contributed by atoms with E-state index in [0.29, 0.717) is 32.1 Å². The Morgan fingerprint density at radius 1 is 1.36 bits per heavy atom. The third-order valence-electron chi connectivity index (χ3n) is 5.11. The summed E-state index contributed by atoms with van der Waals surface area (Å²) in [6.07, 6.45) is 2.83. The van der Waals surface area contributed by atoms with Crippen LogP contribution in [-0.4, -0.2) is 46.2 Å². The van der Waals surface area contributed by atoms with Crippen molar-refractivity contribution in [1.82, 2.24) is 14.9 Å². The molecule has 0 unspecified atom stereocenters. The Hall–Kier alpha value is -2.97. The zero-order chi connectivity index (χ0) is 20.4. The van der Waals surface area contributed by atoms with Gasteiger partial charge >= 0.3 is 5.97 Å². The average Bonchev–Trinajstić information content (AvgIpc) is 2.67. The van der Waals surface area contributed by atoms with Gasteiger partial charge in [-0.1, -0.05) is 0 Å². The van der Waals surface area contributed by atoms with Crippen LogP contribution < -0.4 is 15.6 Å². The number of anilines is 1. The van der Waals surface area contributed by atoms with Crippen LogP contribution in [0.5, 0.6) is 0 Å². The number of carbonyl (C=O) groups is 2. The van der Waals surface area contributed by atoms with Crippen LogP contribution in [0.15, 0.2) is 17.1 Å². The number of pyridine rings is 2. The summed E-state index contributed by atoms with van der Waals surface area (Å²) in [6, 6.07) is 1.09. The van der Waals surface area contributed by atoms with Crippen molar-refractivity contribution >= 4 is 28.7 Å². The minimum absolute atomic E-state index is 0.0384. The predicted molar refractivity (Wildman–Crippen MR) is 102 cm³/mol. The zero-order valence-corrected chi connectivity index (χ0v) is 15.9. The molecule has 1 fully saturated rings. The molecule has 9 heteroatoms. The van der Waals surface area contributed by atoms with Gasteiger partial charge in [0.1, 0.15) is 11.2 Å².